The smallest absolute Gasteiger partial charge is 0.265 e. The van der Waals surface area contributed by atoms with Crippen LogP contribution in [0.4, 0.5) is 15.8 Å². The zero-order valence-electron chi connectivity index (χ0n) is 10.6. The molecule has 0 bridgehead atoms. The number of nitrogen functional groups attached to an aromatic ring is 1. The number of ether oxygens (including phenoxy) is 1. The minimum Gasteiger partial charge on any atom is -0.478 e. The normalized spacial score (nSPS) is 17.1. The highest BCUT2D eigenvalue weighted by molar-refractivity contribution is 5.98. The number of amides is 1. The Morgan fingerprint density at radius 3 is 2.70 bits per heavy atom. The van der Waals surface area contributed by atoms with E-state index in [1.807, 2.05) is 0 Å². The molecule has 1 unspecified atom stereocenters. The van der Waals surface area contributed by atoms with Crippen molar-refractivity contribution >= 4 is 17.3 Å². The van der Waals surface area contributed by atoms with E-state index in [2.05, 4.69) is 5.32 Å². The molecule has 0 fully saturated rings. The number of carbonyl (C=O) groups is 1. The summed E-state index contributed by atoms with van der Waals surface area (Å²) in [5.74, 6) is 0.0573. The molecule has 1 amide bonds. The molecule has 0 aliphatic carbocycles. The van der Waals surface area contributed by atoms with Crippen molar-refractivity contribution in [3.63, 3.8) is 0 Å². The van der Waals surface area contributed by atoms with Crippen LogP contribution in [0.15, 0.2) is 42.5 Å². The number of carbonyl (C=O) groups excluding carboxylic acids is 1. The van der Waals surface area contributed by atoms with Crippen LogP contribution in [0.2, 0.25) is 0 Å². The van der Waals surface area contributed by atoms with E-state index in [4.69, 9.17) is 10.5 Å². The van der Waals surface area contributed by atoms with E-state index < -0.39 is 6.10 Å². The number of fused-ring (bicyclic) bond motifs is 1. The number of hydrogen-bond acceptors (Lipinski definition) is 3. The second-order valence-electron chi connectivity index (χ2n) is 4.68. The number of anilines is 2. The Balaban J connectivity index is 1.80. The molecular formula is C15H13FN2O2. The predicted molar refractivity (Wildman–Crippen MR) is 74.0 cm³/mol. The lowest BCUT2D eigenvalue weighted by atomic mass is 10.1. The molecule has 5 heteroatoms. The maximum Gasteiger partial charge on any atom is 0.265 e. The number of benzene rings is 2. The lowest BCUT2D eigenvalue weighted by Gasteiger charge is -2.26. The van der Waals surface area contributed by atoms with Crippen LogP contribution in [0.3, 0.4) is 0 Å². The van der Waals surface area contributed by atoms with E-state index in [9.17, 15) is 9.18 Å². The molecule has 0 aromatic heterocycles. The fourth-order valence-corrected chi connectivity index (χ4v) is 2.14. The van der Waals surface area contributed by atoms with Crippen LogP contribution < -0.4 is 15.8 Å². The van der Waals surface area contributed by atoms with Crippen molar-refractivity contribution in [1.82, 2.24) is 0 Å². The molecule has 4 nitrogen and oxygen atoms in total. The first kappa shape index (κ1) is 12.5. The van der Waals surface area contributed by atoms with E-state index in [1.165, 1.54) is 12.1 Å². The van der Waals surface area contributed by atoms with Gasteiger partial charge in [0, 0.05) is 12.1 Å². The second kappa shape index (κ2) is 4.85. The Morgan fingerprint density at radius 2 is 1.95 bits per heavy atom. The van der Waals surface area contributed by atoms with Gasteiger partial charge in [0.2, 0.25) is 0 Å². The summed E-state index contributed by atoms with van der Waals surface area (Å²) in [7, 11) is 0. The van der Waals surface area contributed by atoms with Crippen molar-refractivity contribution in [2.75, 3.05) is 11.1 Å². The minimum absolute atomic E-state index is 0.229. The summed E-state index contributed by atoms with van der Waals surface area (Å²) < 4.78 is 18.5. The molecule has 0 saturated heterocycles. The molecule has 0 radical (unpaired) electrons. The third-order valence-corrected chi connectivity index (χ3v) is 3.16. The van der Waals surface area contributed by atoms with Crippen molar-refractivity contribution in [2.24, 2.45) is 0 Å². The Morgan fingerprint density at radius 1 is 1.20 bits per heavy atom. The van der Waals surface area contributed by atoms with Gasteiger partial charge in [-0.05, 0) is 35.9 Å². The summed E-state index contributed by atoms with van der Waals surface area (Å²) >= 11 is 0. The summed E-state index contributed by atoms with van der Waals surface area (Å²) in [5.41, 5.74) is 7.63. The van der Waals surface area contributed by atoms with E-state index in [-0.39, 0.29) is 11.7 Å². The zero-order chi connectivity index (χ0) is 14.1. The van der Waals surface area contributed by atoms with E-state index in [0.29, 0.717) is 23.5 Å². The van der Waals surface area contributed by atoms with Crippen LogP contribution in [-0.2, 0) is 11.2 Å². The first-order valence-electron chi connectivity index (χ1n) is 6.23. The van der Waals surface area contributed by atoms with Crippen LogP contribution >= 0.6 is 0 Å². The summed E-state index contributed by atoms with van der Waals surface area (Å²) in [6.45, 7) is 0. The van der Waals surface area contributed by atoms with Crippen LogP contribution in [0, 0.1) is 5.82 Å². The quantitative estimate of drug-likeness (QED) is 0.825. The van der Waals surface area contributed by atoms with E-state index in [1.54, 1.807) is 30.3 Å². The van der Waals surface area contributed by atoms with Gasteiger partial charge < -0.3 is 15.8 Å². The van der Waals surface area contributed by atoms with Crippen LogP contribution in [0.1, 0.15) is 5.56 Å². The largest absolute Gasteiger partial charge is 0.478 e. The molecule has 1 aliphatic heterocycles. The molecule has 102 valence electrons. The van der Waals surface area contributed by atoms with Crippen molar-refractivity contribution < 1.29 is 13.9 Å². The molecule has 2 aromatic carbocycles. The molecule has 0 spiro atoms. The molecule has 1 heterocycles. The summed E-state index contributed by atoms with van der Waals surface area (Å²) in [6.07, 6.45) is -0.243. The first-order valence-corrected chi connectivity index (χ1v) is 6.23. The molecule has 20 heavy (non-hydrogen) atoms. The number of nitrogens with one attached hydrogen (secondary N) is 1. The highest BCUT2D eigenvalue weighted by Crippen LogP contribution is 2.32. The fraction of sp³-hybridized carbons (Fsp3) is 0.133. The van der Waals surface area contributed by atoms with Gasteiger partial charge in [0.1, 0.15) is 11.6 Å². The van der Waals surface area contributed by atoms with Crippen molar-refractivity contribution in [2.45, 2.75) is 12.5 Å². The fourth-order valence-electron chi connectivity index (χ4n) is 2.14. The summed E-state index contributed by atoms with van der Waals surface area (Å²) in [5, 5.41) is 2.76. The van der Waals surface area contributed by atoms with Crippen LogP contribution in [0.5, 0.6) is 5.75 Å². The van der Waals surface area contributed by atoms with Crippen molar-refractivity contribution in [3.05, 3.63) is 53.8 Å². The number of rotatable bonds is 2. The Hall–Kier alpha value is -2.56. The Labute approximate surface area is 115 Å². The lowest BCUT2D eigenvalue weighted by Crippen LogP contribution is -2.38. The lowest BCUT2D eigenvalue weighted by molar-refractivity contribution is -0.123. The van der Waals surface area contributed by atoms with Gasteiger partial charge in [-0.1, -0.05) is 12.1 Å². The average Bonchev–Trinajstić information content (AvgIpc) is 2.42. The third kappa shape index (κ3) is 2.42. The highest BCUT2D eigenvalue weighted by Gasteiger charge is 2.27. The minimum atomic E-state index is -0.628. The van der Waals surface area contributed by atoms with Gasteiger partial charge in [-0.2, -0.15) is 0 Å². The van der Waals surface area contributed by atoms with Gasteiger partial charge in [-0.25, -0.2) is 4.39 Å². The van der Waals surface area contributed by atoms with Gasteiger partial charge in [0.25, 0.3) is 5.91 Å². The maximum atomic E-state index is 12.9. The average molecular weight is 272 g/mol. The number of nitrogens with two attached hydrogens (primary N) is 1. The van der Waals surface area contributed by atoms with Crippen LogP contribution in [0.25, 0.3) is 0 Å². The number of hydrogen-bond donors (Lipinski definition) is 2. The first-order chi connectivity index (χ1) is 9.61. The summed E-state index contributed by atoms with van der Waals surface area (Å²) in [4.78, 5) is 12.0. The number of halogens is 1. The molecule has 1 aliphatic rings. The predicted octanol–water partition coefficient (Wildman–Crippen LogP) is 2.35. The van der Waals surface area contributed by atoms with Gasteiger partial charge in [-0.15, -0.1) is 0 Å². The zero-order valence-corrected chi connectivity index (χ0v) is 10.6. The third-order valence-electron chi connectivity index (χ3n) is 3.16. The molecule has 3 N–H and O–H groups in total. The maximum absolute atomic E-state index is 12.9. The molecular weight excluding hydrogens is 259 g/mol. The molecule has 3 rings (SSSR count). The van der Waals surface area contributed by atoms with E-state index in [0.717, 1.165) is 5.56 Å². The van der Waals surface area contributed by atoms with E-state index >= 15 is 0 Å². The Bertz CT molecular complexity index is 655. The SMILES string of the molecule is Nc1ccc2c(c1)NC(=O)C(Cc1ccc(F)cc1)O2. The van der Waals surface area contributed by atoms with Crippen molar-refractivity contribution in [1.29, 1.82) is 0 Å². The summed E-state index contributed by atoms with van der Waals surface area (Å²) in [6, 6.07) is 11.1. The van der Waals surface area contributed by atoms with Crippen LogP contribution in [-0.4, -0.2) is 12.0 Å². The van der Waals surface area contributed by atoms with Gasteiger partial charge >= 0.3 is 0 Å². The van der Waals surface area contributed by atoms with Gasteiger partial charge in [0.05, 0.1) is 5.69 Å². The monoisotopic (exact) mass is 272 g/mol. The van der Waals surface area contributed by atoms with Gasteiger partial charge in [0.15, 0.2) is 6.10 Å². The standard InChI is InChI=1S/C15H13FN2O2/c16-10-3-1-9(2-4-10)7-14-15(19)18-12-8-11(17)5-6-13(12)20-14/h1-6,8,14H,7,17H2,(H,18,19). The molecule has 2 aromatic rings. The van der Waals surface area contributed by atoms with Crippen molar-refractivity contribution in [3.8, 4) is 5.75 Å². The molecule has 1 atom stereocenters. The highest BCUT2D eigenvalue weighted by atomic mass is 19.1. The Kier molecular flexibility index (Phi) is 3.02. The second-order valence-corrected chi connectivity index (χ2v) is 4.68. The molecule has 0 saturated carbocycles. The van der Waals surface area contributed by atoms with Gasteiger partial charge in [-0.3, -0.25) is 4.79 Å². The topological polar surface area (TPSA) is 64.3 Å².